The van der Waals surface area contributed by atoms with Gasteiger partial charge in [-0.2, -0.15) is 5.10 Å². The lowest BCUT2D eigenvalue weighted by molar-refractivity contribution is 1.04. The number of anilines is 1. The van der Waals surface area contributed by atoms with Crippen LogP contribution in [0.3, 0.4) is 0 Å². The van der Waals surface area contributed by atoms with Crippen molar-refractivity contribution in [3.63, 3.8) is 0 Å². The first-order valence-corrected chi connectivity index (χ1v) is 3.61. The highest BCUT2D eigenvalue weighted by Crippen LogP contribution is 2.10. The van der Waals surface area contributed by atoms with Crippen molar-refractivity contribution in [1.82, 2.24) is 20.2 Å². The van der Waals surface area contributed by atoms with E-state index in [0.717, 1.165) is 0 Å². The number of nitrogens with one attached hydrogen (secondary N) is 4. The molecular formula is C6H7N5O2. The second kappa shape index (κ2) is 2.47. The Hall–Kier alpha value is -2.05. The lowest BCUT2D eigenvalue weighted by atomic mass is 10.4. The van der Waals surface area contributed by atoms with E-state index in [4.69, 9.17) is 0 Å². The van der Waals surface area contributed by atoms with Gasteiger partial charge in [-0.05, 0) is 0 Å². The van der Waals surface area contributed by atoms with Gasteiger partial charge in [-0.1, -0.05) is 0 Å². The number of H-pyrrole nitrogens is 3. The maximum Gasteiger partial charge on any atom is 0.327 e. The zero-order valence-corrected chi connectivity index (χ0v) is 6.76. The van der Waals surface area contributed by atoms with Crippen molar-refractivity contribution in [2.24, 2.45) is 0 Å². The minimum absolute atomic E-state index is 0.248. The van der Waals surface area contributed by atoms with Crippen LogP contribution in [0.5, 0.6) is 0 Å². The Morgan fingerprint density at radius 1 is 1.31 bits per heavy atom. The van der Waals surface area contributed by atoms with E-state index < -0.39 is 11.2 Å². The van der Waals surface area contributed by atoms with Gasteiger partial charge in [-0.15, -0.1) is 0 Å². The lowest BCUT2D eigenvalue weighted by Gasteiger charge is -1.91. The maximum atomic E-state index is 11.3. The smallest absolute Gasteiger partial charge is 0.327 e. The molecule has 0 saturated heterocycles. The Balaban J connectivity index is 2.99. The highest BCUT2D eigenvalue weighted by molar-refractivity contribution is 5.85. The molecule has 0 saturated carbocycles. The number of hydrogen-bond acceptors (Lipinski definition) is 4. The Morgan fingerprint density at radius 2 is 2.08 bits per heavy atom. The number of rotatable bonds is 1. The van der Waals surface area contributed by atoms with Crippen molar-refractivity contribution < 1.29 is 0 Å². The van der Waals surface area contributed by atoms with Crippen molar-refractivity contribution in [2.45, 2.75) is 0 Å². The average Bonchev–Trinajstić information content (AvgIpc) is 2.47. The maximum absolute atomic E-state index is 11.3. The molecule has 0 aliphatic carbocycles. The molecule has 2 aromatic rings. The van der Waals surface area contributed by atoms with E-state index in [1.165, 1.54) is 0 Å². The van der Waals surface area contributed by atoms with Gasteiger partial charge < -0.3 is 5.32 Å². The first-order valence-electron chi connectivity index (χ1n) is 3.61. The zero-order valence-electron chi connectivity index (χ0n) is 6.76. The molecule has 68 valence electrons. The summed E-state index contributed by atoms with van der Waals surface area (Å²) in [4.78, 5) is 26.6. The van der Waals surface area contributed by atoms with Crippen molar-refractivity contribution in [3.05, 3.63) is 20.8 Å². The molecule has 0 fully saturated rings. The topological polar surface area (TPSA) is 106 Å². The van der Waals surface area contributed by atoms with Gasteiger partial charge in [0.15, 0.2) is 5.65 Å². The van der Waals surface area contributed by atoms with Gasteiger partial charge in [0.1, 0.15) is 11.2 Å². The number of aromatic amines is 3. The number of aromatic nitrogens is 4. The molecule has 0 aliphatic rings. The lowest BCUT2D eigenvalue weighted by Crippen LogP contribution is -2.21. The molecule has 4 N–H and O–H groups in total. The van der Waals surface area contributed by atoms with Gasteiger partial charge in [0.25, 0.3) is 5.56 Å². The molecular weight excluding hydrogens is 174 g/mol. The SMILES string of the molecule is CNc1[nH]nc2[nH]c(=O)[nH]c(=O)c12. The van der Waals surface area contributed by atoms with Crippen LogP contribution in [0.2, 0.25) is 0 Å². The minimum Gasteiger partial charge on any atom is -0.373 e. The highest BCUT2D eigenvalue weighted by atomic mass is 16.2. The number of fused-ring (bicyclic) bond motifs is 1. The van der Waals surface area contributed by atoms with Crippen LogP contribution in [0.1, 0.15) is 0 Å². The zero-order chi connectivity index (χ0) is 9.42. The fraction of sp³-hybridized carbons (Fsp3) is 0.167. The van der Waals surface area contributed by atoms with Crippen LogP contribution in [-0.2, 0) is 0 Å². The van der Waals surface area contributed by atoms with Gasteiger partial charge in [0, 0.05) is 7.05 Å². The molecule has 0 amide bonds. The van der Waals surface area contributed by atoms with E-state index in [-0.39, 0.29) is 5.65 Å². The van der Waals surface area contributed by atoms with Gasteiger partial charge >= 0.3 is 5.69 Å². The Labute approximate surface area is 71.2 Å². The van der Waals surface area contributed by atoms with E-state index in [2.05, 4.69) is 25.5 Å². The molecule has 0 radical (unpaired) electrons. The minimum atomic E-state index is -0.563. The van der Waals surface area contributed by atoms with Gasteiger partial charge in [0.05, 0.1) is 0 Å². The third-order valence-electron chi connectivity index (χ3n) is 1.70. The Bertz CT molecular complexity index is 548. The van der Waals surface area contributed by atoms with E-state index in [9.17, 15) is 9.59 Å². The van der Waals surface area contributed by atoms with Crippen molar-refractivity contribution in [1.29, 1.82) is 0 Å². The molecule has 0 spiro atoms. The molecule has 0 aliphatic heterocycles. The molecule has 0 unspecified atom stereocenters. The average molecular weight is 181 g/mol. The monoisotopic (exact) mass is 181 g/mol. The highest BCUT2D eigenvalue weighted by Gasteiger charge is 2.08. The quantitative estimate of drug-likeness (QED) is 0.451. The first-order chi connectivity index (χ1) is 6.22. The largest absolute Gasteiger partial charge is 0.373 e. The van der Waals surface area contributed by atoms with Crippen LogP contribution in [-0.4, -0.2) is 27.2 Å². The second-order valence-electron chi connectivity index (χ2n) is 2.48. The summed E-state index contributed by atoms with van der Waals surface area (Å²) >= 11 is 0. The standard InChI is InChI=1S/C6H7N5O2/c1-7-3-2-4(11-10-3)8-6(13)9-5(2)12/h1H3,(H4,7,8,9,10,11,12,13). The van der Waals surface area contributed by atoms with Crippen LogP contribution in [0.25, 0.3) is 11.0 Å². The normalized spacial score (nSPS) is 10.5. The molecule has 2 heterocycles. The molecule has 2 rings (SSSR count). The summed E-state index contributed by atoms with van der Waals surface area (Å²) in [5.74, 6) is 0.479. The fourth-order valence-electron chi connectivity index (χ4n) is 1.14. The molecule has 7 nitrogen and oxygen atoms in total. The first kappa shape index (κ1) is 7.59. The van der Waals surface area contributed by atoms with E-state index in [0.29, 0.717) is 11.2 Å². The summed E-state index contributed by atoms with van der Waals surface area (Å²) in [5, 5.41) is 9.40. The molecule has 13 heavy (non-hydrogen) atoms. The van der Waals surface area contributed by atoms with Crippen LogP contribution >= 0.6 is 0 Å². The second-order valence-corrected chi connectivity index (χ2v) is 2.48. The summed E-state index contributed by atoms with van der Waals surface area (Å²) in [7, 11) is 1.65. The van der Waals surface area contributed by atoms with E-state index >= 15 is 0 Å². The Morgan fingerprint density at radius 3 is 2.77 bits per heavy atom. The molecule has 0 bridgehead atoms. The van der Waals surface area contributed by atoms with Crippen LogP contribution in [0, 0.1) is 0 Å². The van der Waals surface area contributed by atoms with Crippen LogP contribution in [0.15, 0.2) is 9.59 Å². The van der Waals surface area contributed by atoms with Crippen molar-refractivity contribution in [2.75, 3.05) is 12.4 Å². The summed E-state index contributed by atoms with van der Waals surface area (Å²) in [6.07, 6.45) is 0. The van der Waals surface area contributed by atoms with Gasteiger partial charge in [0.2, 0.25) is 0 Å². The fourth-order valence-corrected chi connectivity index (χ4v) is 1.14. The summed E-state index contributed by atoms with van der Waals surface area (Å²) in [6, 6.07) is 0. The Kier molecular flexibility index (Phi) is 1.44. The van der Waals surface area contributed by atoms with Crippen LogP contribution in [0.4, 0.5) is 5.82 Å². The third-order valence-corrected chi connectivity index (χ3v) is 1.70. The third kappa shape index (κ3) is 1.01. The summed E-state index contributed by atoms with van der Waals surface area (Å²) in [6.45, 7) is 0. The van der Waals surface area contributed by atoms with E-state index in [1.54, 1.807) is 7.05 Å². The molecule has 0 aromatic carbocycles. The van der Waals surface area contributed by atoms with E-state index in [1.807, 2.05) is 0 Å². The van der Waals surface area contributed by atoms with Crippen molar-refractivity contribution >= 4 is 16.9 Å². The predicted octanol–water partition coefficient (Wildman–Crippen LogP) is -1.02. The van der Waals surface area contributed by atoms with Crippen LogP contribution < -0.4 is 16.6 Å². The van der Waals surface area contributed by atoms with Gasteiger partial charge in [-0.25, -0.2) is 4.79 Å². The molecule has 0 atom stereocenters. The molecule has 7 heteroatoms. The van der Waals surface area contributed by atoms with Crippen molar-refractivity contribution in [3.8, 4) is 0 Å². The number of hydrogen-bond donors (Lipinski definition) is 4. The molecule has 2 aromatic heterocycles. The predicted molar refractivity (Wildman–Crippen MR) is 46.9 cm³/mol. The van der Waals surface area contributed by atoms with Gasteiger partial charge in [-0.3, -0.25) is 19.9 Å². The summed E-state index contributed by atoms with van der Waals surface area (Å²) < 4.78 is 0. The number of nitrogens with zero attached hydrogens (tertiary/aromatic N) is 1. The summed E-state index contributed by atoms with van der Waals surface area (Å²) in [5.41, 5.74) is -0.776.